The van der Waals surface area contributed by atoms with E-state index in [0.717, 1.165) is 39.2 Å². The Morgan fingerprint density at radius 2 is 1.44 bits per heavy atom. The minimum atomic E-state index is -0.287. The molecule has 4 aromatic rings. The third kappa shape index (κ3) is 4.89. The molecule has 3 aromatic carbocycles. The van der Waals surface area contributed by atoms with E-state index < -0.39 is 0 Å². The molecule has 0 aliphatic heterocycles. The minimum absolute atomic E-state index is 0.137. The van der Waals surface area contributed by atoms with Crippen molar-refractivity contribution in [1.29, 1.82) is 0 Å². The van der Waals surface area contributed by atoms with E-state index in [1.807, 2.05) is 18.2 Å². The molecule has 0 saturated carbocycles. The van der Waals surface area contributed by atoms with Crippen LogP contribution >= 0.6 is 0 Å². The lowest BCUT2D eigenvalue weighted by Crippen LogP contribution is -2.13. The monoisotopic (exact) mass is 457 g/mol. The largest absolute Gasteiger partial charge is 0.392 e. The first-order valence-corrected chi connectivity index (χ1v) is 11.9. The zero-order valence-electron chi connectivity index (χ0n) is 20.3. The first kappa shape index (κ1) is 24.1. The molecule has 0 fully saturated rings. The van der Waals surface area contributed by atoms with Gasteiger partial charge < -0.3 is 9.84 Å². The Morgan fingerprint density at radius 3 is 2.12 bits per heavy atom. The van der Waals surface area contributed by atoms with Crippen LogP contribution in [0.1, 0.15) is 67.6 Å². The molecule has 0 radical (unpaired) electrons. The van der Waals surface area contributed by atoms with Crippen LogP contribution in [0, 0.1) is 5.82 Å². The van der Waals surface area contributed by atoms with Crippen molar-refractivity contribution >= 4 is 10.8 Å². The summed E-state index contributed by atoms with van der Waals surface area (Å²) in [6.07, 6.45) is 0. The van der Waals surface area contributed by atoms with Gasteiger partial charge in [-0.05, 0) is 51.4 Å². The Labute approximate surface area is 201 Å². The van der Waals surface area contributed by atoms with E-state index in [2.05, 4.69) is 52.0 Å². The molecule has 176 valence electrons. The maximum absolute atomic E-state index is 13.7. The Balaban J connectivity index is 1.78. The molecule has 3 nitrogen and oxygen atoms in total. The van der Waals surface area contributed by atoms with Crippen molar-refractivity contribution in [2.75, 3.05) is 0 Å². The van der Waals surface area contributed by atoms with Gasteiger partial charge in [-0.1, -0.05) is 82.3 Å². The van der Waals surface area contributed by atoms with E-state index in [4.69, 9.17) is 9.72 Å². The van der Waals surface area contributed by atoms with Crippen molar-refractivity contribution in [2.45, 2.75) is 59.4 Å². The summed E-state index contributed by atoms with van der Waals surface area (Å²) in [6, 6.07) is 21.0. The molecule has 0 amide bonds. The predicted molar refractivity (Wildman–Crippen MR) is 136 cm³/mol. The van der Waals surface area contributed by atoms with E-state index in [9.17, 15) is 9.50 Å². The first-order valence-electron chi connectivity index (χ1n) is 11.9. The van der Waals surface area contributed by atoms with Crippen LogP contribution in [0.5, 0.6) is 0 Å². The fourth-order valence-corrected chi connectivity index (χ4v) is 4.61. The SMILES string of the molecule is CC(C)c1nc(C(C)C)c(COCc2cccc3ccccc23)c(-c2ccc(F)cc2)c1CO. The Hall–Kier alpha value is -3.08. The standard InChI is InChI=1S/C30H32FNO2/c1-19(2)29-26(16-33)28(22-12-14-24(31)15-13-22)27(30(32-29)20(3)4)18-34-17-23-10-7-9-21-8-5-6-11-25(21)23/h5-15,19-20,33H,16-18H2,1-4H3. The number of fused-ring (bicyclic) bond motifs is 1. The number of hydrogen-bond acceptors (Lipinski definition) is 3. The number of hydrogen-bond donors (Lipinski definition) is 1. The number of halogens is 1. The zero-order chi connectivity index (χ0) is 24.2. The number of ether oxygens (including phenoxy) is 1. The summed E-state index contributed by atoms with van der Waals surface area (Å²) in [5.74, 6) is 0.0235. The maximum atomic E-state index is 13.7. The van der Waals surface area contributed by atoms with Gasteiger partial charge in [-0.2, -0.15) is 0 Å². The summed E-state index contributed by atoms with van der Waals surface area (Å²) < 4.78 is 20.0. The summed E-state index contributed by atoms with van der Waals surface area (Å²) in [5.41, 5.74) is 6.47. The number of benzene rings is 3. The highest BCUT2D eigenvalue weighted by molar-refractivity contribution is 5.85. The van der Waals surface area contributed by atoms with Gasteiger partial charge in [-0.3, -0.25) is 4.98 Å². The van der Waals surface area contributed by atoms with Crippen molar-refractivity contribution in [2.24, 2.45) is 0 Å². The molecule has 0 aliphatic rings. The van der Waals surface area contributed by atoms with Crippen molar-refractivity contribution in [3.8, 4) is 11.1 Å². The second-order valence-corrected chi connectivity index (χ2v) is 9.32. The van der Waals surface area contributed by atoms with Crippen LogP contribution in [-0.2, 0) is 24.6 Å². The molecular weight excluding hydrogens is 425 g/mol. The van der Waals surface area contributed by atoms with E-state index in [0.29, 0.717) is 13.2 Å². The number of aliphatic hydroxyl groups is 1. The van der Waals surface area contributed by atoms with Crippen molar-refractivity contribution in [3.63, 3.8) is 0 Å². The van der Waals surface area contributed by atoms with E-state index in [1.54, 1.807) is 12.1 Å². The maximum Gasteiger partial charge on any atom is 0.123 e. The van der Waals surface area contributed by atoms with Crippen LogP contribution in [0.3, 0.4) is 0 Å². The summed E-state index contributed by atoms with van der Waals surface area (Å²) in [5, 5.41) is 12.7. The topological polar surface area (TPSA) is 42.4 Å². The van der Waals surface area contributed by atoms with Crippen LogP contribution < -0.4 is 0 Å². The lowest BCUT2D eigenvalue weighted by Gasteiger charge is -2.24. The highest BCUT2D eigenvalue weighted by Crippen LogP contribution is 2.37. The highest BCUT2D eigenvalue weighted by atomic mass is 19.1. The van der Waals surface area contributed by atoms with Gasteiger partial charge in [0, 0.05) is 22.5 Å². The van der Waals surface area contributed by atoms with Crippen LogP contribution in [0.15, 0.2) is 66.7 Å². The molecule has 34 heavy (non-hydrogen) atoms. The molecule has 1 N–H and O–H groups in total. The average molecular weight is 458 g/mol. The smallest absolute Gasteiger partial charge is 0.123 e. The van der Waals surface area contributed by atoms with Gasteiger partial charge in [-0.25, -0.2) is 4.39 Å². The van der Waals surface area contributed by atoms with Crippen LogP contribution in [0.2, 0.25) is 0 Å². The Bertz CT molecular complexity index is 1270. The van der Waals surface area contributed by atoms with Crippen molar-refractivity contribution < 1.29 is 14.2 Å². The molecule has 0 aliphatic carbocycles. The first-order chi connectivity index (χ1) is 16.4. The van der Waals surface area contributed by atoms with E-state index in [1.165, 1.54) is 22.9 Å². The third-order valence-corrected chi connectivity index (χ3v) is 6.23. The van der Waals surface area contributed by atoms with Crippen LogP contribution in [0.4, 0.5) is 4.39 Å². The van der Waals surface area contributed by atoms with Gasteiger partial charge in [0.2, 0.25) is 0 Å². The number of aliphatic hydroxyl groups excluding tert-OH is 1. The van der Waals surface area contributed by atoms with E-state index in [-0.39, 0.29) is 24.3 Å². The molecule has 0 atom stereocenters. The summed E-state index contributed by atoms with van der Waals surface area (Å²) >= 11 is 0. The second kappa shape index (κ2) is 10.5. The Morgan fingerprint density at radius 1 is 0.794 bits per heavy atom. The quantitative estimate of drug-likeness (QED) is 0.298. The molecule has 0 saturated heterocycles. The fourth-order valence-electron chi connectivity index (χ4n) is 4.61. The van der Waals surface area contributed by atoms with Gasteiger partial charge in [0.25, 0.3) is 0 Å². The molecular formula is C30H32FNO2. The summed E-state index contributed by atoms with van der Waals surface area (Å²) in [4.78, 5) is 5.01. The van der Waals surface area contributed by atoms with Crippen molar-refractivity contribution in [1.82, 2.24) is 4.98 Å². The lowest BCUT2D eigenvalue weighted by atomic mass is 9.87. The molecule has 0 bridgehead atoms. The summed E-state index contributed by atoms with van der Waals surface area (Å²) in [6.45, 7) is 9.07. The highest BCUT2D eigenvalue weighted by Gasteiger charge is 2.23. The number of aromatic nitrogens is 1. The lowest BCUT2D eigenvalue weighted by molar-refractivity contribution is 0.107. The Kier molecular flexibility index (Phi) is 7.40. The molecule has 4 rings (SSSR count). The normalized spacial score (nSPS) is 11.6. The van der Waals surface area contributed by atoms with Gasteiger partial charge in [0.1, 0.15) is 5.82 Å². The third-order valence-electron chi connectivity index (χ3n) is 6.23. The average Bonchev–Trinajstić information content (AvgIpc) is 2.83. The number of pyridine rings is 1. The second-order valence-electron chi connectivity index (χ2n) is 9.32. The summed E-state index contributed by atoms with van der Waals surface area (Å²) in [7, 11) is 0. The minimum Gasteiger partial charge on any atom is -0.392 e. The van der Waals surface area contributed by atoms with Crippen LogP contribution in [-0.4, -0.2) is 10.1 Å². The molecule has 4 heteroatoms. The van der Waals surface area contributed by atoms with Gasteiger partial charge in [0.15, 0.2) is 0 Å². The number of rotatable bonds is 8. The van der Waals surface area contributed by atoms with Gasteiger partial charge >= 0.3 is 0 Å². The molecule has 1 heterocycles. The molecule has 0 unspecified atom stereocenters. The molecule has 0 spiro atoms. The zero-order valence-corrected chi connectivity index (χ0v) is 20.3. The van der Waals surface area contributed by atoms with Gasteiger partial charge in [-0.15, -0.1) is 0 Å². The fraction of sp³-hybridized carbons (Fsp3) is 0.300. The van der Waals surface area contributed by atoms with E-state index >= 15 is 0 Å². The van der Waals surface area contributed by atoms with Crippen molar-refractivity contribution in [3.05, 3.63) is 101 Å². The molecule has 1 aromatic heterocycles. The predicted octanol–water partition coefficient (Wildman–Crippen LogP) is 7.50. The number of nitrogens with zero attached hydrogens (tertiary/aromatic N) is 1. The van der Waals surface area contributed by atoms with Gasteiger partial charge in [0.05, 0.1) is 19.8 Å². The van der Waals surface area contributed by atoms with Crippen LogP contribution in [0.25, 0.3) is 21.9 Å².